The average molecular weight is 468 g/mol. The Balaban J connectivity index is 1.22. The highest BCUT2D eigenvalue weighted by molar-refractivity contribution is 5.53. The van der Waals surface area contributed by atoms with Gasteiger partial charge in [-0.05, 0) is 43.5 Å². The number of halogens is 2. The number of fused-ring (bicyclic) bond motifs is 1. The van der Waals surface area contributed by atoms with Gasteiger partial charge in [-0.15, -0.1) is 0 Å². The van der Waals surface area contributed by atoms with Gasteiger partial charge < -0.3 is 19.1 Å². The summed E-state index contributed by atoms with van der Waals surface area (Å²) in [5.74, 6) is -1.06. The summed E-state index contributed by atoms with van der Waals surface area (Å²) in [4.78, 5) is 23.0. The fourth-order valence-corrected chi connectivity index (χ4v) is 5.23. The van der Waals surface area contributed by atoms with Crippen molar-refractivity contribution in [2.75, 3.05) is 18.1 Å². The predicted octanol–water partition coefficient (Wildman–Crippen LogP) is 3.35. The van der Waals surface area contributed by atoms with Crippen molar-refractivity contribution in [3.05, 3.63) is 69.9 Å². The third kappa shape index (κ3) is 3.40. The first kappa shape index (κ1) is 21.0. The van der Waals surface area contributed by atoms with Crippen LogP contribution in [0.15, 0.2) is 41.3 Å². The molecule has 3 aliphatic rings. The molecular weight excluding hydrogens is 446 g/mol. The van der Waals surface area contributed by atoms with E-state index in [2.05, 4.69) is 14.9 Å². The van der Waals surface area contributed by atoms with Crippen molar-refractivity contribution < 1.29 is 23.0 Å². The molecule has 2 fully saturated rings. The minimum Gasteiger partial charge on any atom is -0.473 e. The quantitative estimate of drug-likeness (QED) is 0.568. The molecule has 0 spiro atoms. The zero-order chi connectivity index (χ0) is 23.4. The number of aryl methyl sites for hydroxylation is 1. The van der Waals surface area contributed by atoms with Crippen LogP contribution in [-0.4, -0.2) is 39.3 Å². The second-order valence-electron chi connectivity index (χ2n) is 9.04. The highest BCUT2D eigenvalue weighted by Gasteiger charge is 2.55. The van der Waals surface area contributed by atoms with Gasteiger partial charge in [0.05, 0.1) is 31.3 Å². The Bertz CT molecular complexity index is 1320. The number of benzene rings is 1. The molecule has 3 aromatic rings. The number of rotatable bonds is 5. The van der Waals surface area contributed by atoms with E-state index in [4.69, 9.17) is 14.2 Å². The zero-order valence-electron chi connectivity index (χ0n) is 18.5. The van der Waals surface area contributed by atoms with Crippen molar-refractivity contribution in [2.24, 2.45) is 0 Å². The molecule has 10 heteroatoms. The van der Waals surface area contributed by atoms with E-state index in [1.165, 1.54) is 12.3 Å². The summed E-state index contributed by atoms with van der Waals surface area (Å²) < 4.78 is 47.7. The third-order valence-electron chi connectivity index (χ3n) is 6.70. The van der Waals surface area contributed by atoms with Crippen LogP contribution in [0.4, 0.5) is 14.6 Å². The van der Waals surface area contributed by atoms with E-state index in [1.54, 1.807) is 23.6 Å². The number of anilines is 1. The van der Waals surface area contributed by atoms with E-state index in [-0.39, 0.29) is 35.4 Å². The first-order chi connectivity index (χ1) is 16.4. The minimum atomic E-state index is -0.859. The molecule has 2 aromatic heterocycles. The number of pyridine rings is 1. The molecule has 0 amide bonds. The number of morpholine rings is 1. The Morgan fingerprint density at radius 2 is 2.06 bits per heavy atom. The van der Waals surface area contributed by atoms with Crippen molar-refractivity contribution in [3.63, 3.8) is 0 Å². The van der Waals surface area contributed by atoms with Crippen molar-refractivity contribution >= 4 is 5.82 Å². The van der Waals surface area contributed by atoms with Gasteiger partial charge in [-0.3, -0.25) is 9.55 Å². The van der Waals surface area contributed by atoms with Crippen LogP contribution < -0.4 is 20.1 Å². The van der Waals surface area contributed by atoms with Gasteiger partial charge in [-0.1, -0.05) is 0 Å². The molecule has 5 heterocycles. The fraction of sp³-hybridized carbons (Fsp3) is 0.375. The number of nitrogens with zero attached hydrogens (tertiary/aromatic N) is 4. The Kier molecular flexibility index (Phi) is 4.80. The zero-order valence-corrected chi connectivity index (χ0v) is 18.5. The summed E-state index contributed by atoms with van der Waals surface area (Å²) in [6.07, 6.45) is 3.47. The summed E-state index contributed by atoms with van der Waals surface area (Å²) in [6.45, 7) is 3.34. The van der Waals surface area contributed by atoms with Crippen LogP contribution in [0.5, 0.6) is 17.4 Å². The molecule has 1 aromatic carbocycles. The van der Waals surface area contributed by atoms with Crippen molar-refractivity contribution in [1.29, 1.82) is 0 Å². The predicted molar refractivity (Wildman–Crippen MR) is 117 cm³/mol. The van der Waals surface area contributed by atoms with E-state index in [1.807, 2.05) is 0 Å². The molecule has 2 atom stereocenters. The summed E-state index contributed by atoms with van der Waals surface area (Å²) in [5, 5.41) is 0. The molecule has 2 unspecified atom stereocenters. The van der Waals surface area contributed by atoms with Crippen LogP contribution >= 0.6 is 0 Å². The lowest BCUT2D eigenvalue weighted by Crippen LogP contribution is -2.54. The van der Waals surface area contributed by atoms with E-state index in [0.29, 0.717) is 25.5 Å². The third-order valence-corrected chi connectivity index (χ3v) is 6.70. The smallest absolute Gasteiger partial charge is 0.352 e. The van der Waals surface area contributed by atoms with Gasteiger partial charge in [-0.2, -0.15) is 4.98 Å². The fourth-order valence-electron chi connectivity index (χ4n) is 5.23. The Labute approximate surface area is 193 Å². The highest BCUT2D eigenvalue weighted by Crippen LogP contribution is 2.47. The molecule has 0 aliphatic carbocycles. The maximum atomic E-state index is 14.6. The number of hydrogen-bond acceptors (Lipinski definition) is 7. The molecule has 176 valence electrons. The SMILES string of the molecule is Cc1cc(Oc2c(F)cc(COc3cc4n(c(=O)n3)CC35CCC(COC3)N45)cc2F)ccn1. The summed E-state index contributed by atoms with van der Waals surface area (Å²) >= 11 is 0. The number of hydrogen-bond donors (Lipinski definition) is 0. The van der Waals surface area contributed by atoms with Crippen LogP contribution in [0, 0.1) is 18.6 Å². The van der Waals surface area contributed by atoms with Crippen LogP contribution in [0.1, 0.15) is 24.1 Å². The van der Waals surface area contributed by atoms with Crippen molar-refractivity contribution in [3.8, 4) is 17.4 Å². The van der Waals surface area contributed by atoms with Crippen LogP contribution in [0.2, 0.25) is 0 Å². The molecule has 3 aliphatic heterocycles. The lowest BCUT2D eigenvalue weighted by molar-refractivity contribution is 0.0547. The Hall–Kier alpha value is -3.53. The van der Waals surface area contributed by atoms with Gasteiger partial charge in [0, 0.05) is 24.0 Å². The van der Waals surface area contributed by atoms with E-state index in [9.17, 15) is 13.6 Å². The second-order valence-corrected chi connectivity index (χ2v) is 9.04. The van der Waals surface area contributed by atoms with Crippen LogP contribution in [0.3, 0.4) is 0 Å². The first-order valence-corrected chi connectivity index (χ1v) is 11.1. The summed E-state index contributed by atoms with van der Waals surface area (Å²) in [5.41, 5.74) is 0.302. The standard InChI is InChI=1S/C24H22F2N4O4/c1-14-6-17(3-5-27-14)34-22-18(25)7-15(8-19(22)26)10-33-20-9-21-29(23(31)28-20)12-24-4-2-16(30(21)24)11-32-13-24/h3,5-9,16H,2,4,10-13H2,1H3. The summed E-state index contributed by atoms with van der Waals surface area (Å²) in [6, 6.07) is 7.33. The monoisotopic (exact) mass is 468 g/mol. The van der Waals surface area contributed by atoms with Gasteiger partial charge >= 0.3 is 5.69 Å². The molecular formula is C24H22F2N4O4. The van der Waals surface area contributed by atoms with E-state index < -0.39 is 23.1 Å². The Morgan fingerprint density at radius 1 is 1.24 bits per heavy atom. The highest BCUT2D eigenvalue weighted by atomic mass is 19.1. The lowest BCUT2D eigenvalue weighted by Gasteiger charge is -2.39. The lowest BCUT2D eigenvalue weighted by atomic mass is 9.99. The van der Waals surface area contributed by atoms with Crippen molar-refractivity contribution in [1.82, 2.24) is 14.5 Å². The molecule has 0 radical (unpaired) electrons. The second kappa shape index (κ2) is 7.76. The van der Waals surface area contributed by atoms with Crippen molar-refractivity contribution in [2.45, 2.75) is 44.5 Å². The summed E-state index contributed by atoms with van der Waals surface area (Å²) in [7, 11) is 0. The van der Waals surface area contributed by atoms with Gasteiger partial charge in [0.2, 0.25) is 5.88 Å². The van der Waals surface area contributed by atoms with Gasteiger partial charge in [0.25, 0.3) is 0 Å². The van der Waals surface area contributed by atoms with E-state index >= 15 is 0 Å². The topological polar surface area (TPSA) is 78.7 Å². The van der Waals surface area contributed by atoms with Crippen LogP contribution in [-0.2, 0) is 17.9 Å². The molecule has 6 rings (SSSR count). The average Bonchev–Trinajstić information content (AvgIpc) is 3.24. The van der Waals surface area contributed by atoms with Gasteiger partial charge in [0.1, 0.15) is 18.2 Å². The van der Waals surface area contributed by atoms with Gasteiger partial charge in [0.15, 0.2) is 17.4 Å². The molecule has 8 nitrogen and oxygen atoms in total. The number of ether oxygens (including phenoxy) is 3. The van der Waals surface area contributed by atoms with E-state index in [0.717, 1.165) is 30.8 Å². The first-order valence-electron chi connectivity index (χ1n) is 11.1. The molecule has 2 bridgehead atoms. The largest absolute Gasteiger partial charge is 0.473 e. The molecule has 2 saturated heterocycles. The van der Waals surface area contributed by atoms with Crippen LogP contribution in [0.25, 0.3) is 0 Å². The molecule has 34 heavy (non-hydrogen) atoms. The number of aromatic nitrogens is 3. The minimum absolute atomic E-state index is 0.118. The van der Waals surface area contributed by atoms with Gasteiger partial charge in [-0.25, -0.2) is 13.6 Å². The maximum absolute atomic E-state index is 14.6. The molecule has 0 N–H and O–H groups in total. The normalized spacial score (nSPS) is 22.4. The maximum Gasteiger partial charge on any atom is 0.352 e. The molecule has 0 saturated carbocycles. The Morgan fingerprint density at radius 3 is 2.85 bits per heavy atom.